The van der Waals surface area contributed by atoms with E-state index < -0.39 is 5.79 Å². The van der Waals surface area contributed by atoms with E-state index in [9.17, 15) is 0 Å². The van der Waals surface area contributed by atoms with Crippen molar-refractivity contribution in [2.24, 2.45) is 0 Å². The molecule has 1 fully saturated rings. The SMILES string of the molecule is CC1(C)O[C@@H](CO)[C@H](CCl)O1. The molecule has 1 N–H and O–H groups in total. The van der Waals surface area contributed by atoms with Crippen molar-refractivity contribution in [3.63, 3.8) is 0 Å². The van der Waals surface area contributed by atoms with E-state index in [1.54, 1.807) is 0 Å². The maximum absolute atomic E-state index is 8.84. The fourth-order valence-electron chi connectivity index (χ4n) is 1.19. The van der Waals surface area contributed by atoms with Crippen molar-refractivity contribution in [1.82, 2.24) is 0 Å². The Morgan fingerprint density at radius 3 is 2.27 bits per heavy atom. The highest BCUT2D eigenvalue weighted by atomic mass is 35.5. The number of alkyl halides is 1. The molecule has 3 nitrogen and oxygen atoms in total. The molecule has 0 aromatic rings. The smallest absolute Gasteiger partial charge is 0.163 e. The molecule has 1 aliphatic heterocycles. The number of hydrogen-bond acceptors (Lipinski definition) is 3. The summed E-state index contributed by atoms with van der Waals surface area (Å²) >= 11 is 5.59. The average molecular weight is 181 g/mol. The van der Waals surface area contributed by atoms with Gasteiger partial charge in [0.1, 0.15) is 12.2 Å². The molecule has 1 saturated heterocycles. The molecule has 1 rings (SSSR count). The van der Waals surface area contributed by atoms with Crippen LogP contribution in [0.4, 0.5) is 0 Å². The van der Waals surface area contributed by atoms with Gasteiger partial charge in [0.2, 0.25) is 0 Å². The summed E-state index contributed by atoms with van der Waals surface area (Å²) in [5.41, 5.74) is 0. The first kappa shape index (κ1) is 9.26. The highest BCUT2D eigenvalue weighted by Gasteiger charge is 2.40. The van der Waals surface area contributed by atoms with Crippen LogP contribution < -0.4 is 0 Å². The van der Waals surface area contributed by atoms with Crippen LogP contribution in [0.2, 0.25) is 0 Å². The van der Waals surface area contributed by atoms with Gasteiger partial charge in [-0.2, -0.15) is 0 Å². The number of rotatable bonds is 2. The number of ether oxygens (including phenoxy) is 2. The molecule has 0 aliphatic carbocycles. The number of aliphatic hydroxyl groups excluding tert-OH is 1. The highest BCUT2D eigenvalue weighted by Crippen LogP contribution is 2.28. The third kappa shape index (κ3) is 2.06. The molecule has 1 aliphatic rings. The first-order chi connectivity index (χ1) is 5.09. The fraction of sp³-hybridized carbons (Fsp3) is 1.00. The van der Waals surface area contributed by atoms with Crippen LogP contribution in [-0.2, 0) is 9.47 Å². The van der Waals surface area contributed by atoms with Gasteiger partial charge in [-0.15, -0.1) is 11.6 Å². The van der Waals surface area contributed by atoms with Crippen molar-refractivity contribution in [3.05, 3.63) is 0 Å². The normalized spacial score (nSPS) is 36.0. The molecule has 0 saturated carbocycles. The van der Waals surface area contributed by atoms with Gasteiger partial charge in [-0.25, -0.2) is 0 Å². The molecule has 0 aromatic heterocycles. The van der Waals surface area contributed by atoms with Gasteiger partial charge in [0.15, 0.2) is 5.79 Å². The molecule has 1 heterocycles. The average Bonchev–Trinajstić information content (AvgIpc) is 2.25. The molecular formula is C7H13ClO3. The van der Waals surface area contributed by atoms with E-state index in [4.69, 9.17) is 26.2 Å². The Kier molecular flexibility index (Phi) is 2.75. The van der Waals surface area contributed by atoms with E-state index in [-0.39, 0.29) is 18.8 Å². The predicted octanol–water partition coefficient (Wildman–Crippen LogP) is 0.738. The lowest BCUT2D eigenvalue weighted by Crippen LogP contribution is -2.27. The molecular weight excluding hydrogens is 168 g/mol. The van der Waals surface area contributed by atoms with Crippen LogP contribution in [0.15, 0.2) is 0 Å². The quantitative estimate of drug-likeness (QED) is 0.637. The van der Waals surface area contributed by atoms with Crippen LogP contribution in [-0.4, -0.2) is 35.6 Å². The second-order valence-corrected chi connectivity index (χ2v) is 3.36. The summed E-state index contributed by atoms with van der Waals surface area (Å²) in [6.07, 6.45) is -0.459. The topological polar surface area (TPSA) is 38.7 Å². The third-order valence-electron chi connectivity index (χ3n) is 1.62. The Morgan fingerprint density at radius 1 is 1.36 bits per heavy atom. The zero-order valence-corrected chi connectivity index (χ0v) is 7.47. The summed E-state index contributed by atoms with van der Waals surface area (Å²) < 4.78 is 10.7. The van der Waals surface area contributed by atoms with Gasteiger partial charge in [-0.05, 0) is 13.8 Å². The largest absolute Gasteiger partial charge is 0.394 e. The molecule has 4 heteroatoms. The predicted molar refractivity (Wildman–Crippen MR) is 41.6 cm³/mol. The zero-order chi connectivity index (χ0) is 8.48. The standard InChI is InChI=1S/C7H13ClO3/c1-7(2)10-5(3-8)6(4-9)11-7/h5-6,9H,3-4H2,1-2H3/t5-,6-/m0/s1. The first-order valence-electron chi connectivity index (χ1n) is 3.61. The van der Waals surface area contributed by atoms with Crippen LogP contribution in [0, 0.1) is 0 Å². The van der Waals surface area contributed by atoms with E-state index in [2.05, 4.69) is 0 Å². The van der Waals surface area contributed by atoms with Gasteiger partial charge in [0.05, 0.1) is 12.5 Å². The summed E-state index contributed by atoms with van der Waals surface area (Å²) in [6, 6.07) is 0. The molecule has 2 atom stereocenters. The monoisotopic (exact) mass is 180 g/mol. The van der Waals surface area contributed by atoms with E-state index >= 15 is 0 Å². The van der Waals surface area contributed by atoms with Crippen molar-refractivity contribution < 1.29 is 14.6 Å². The molecule has 0 bridgehead atoms. The molecule has 0 radical (unpaired) electrons. The van der Waals surface area contributed by atoms with Crippen LogP contribution in [0.25, 0.3) is 0 Å². The second kappa shape index (κ2) is 3.27. The molecule has 11 heavy (non-hydrogen) atoms. The minimum atomic E-state index is -0.604. The molecule has 0 amide bonds. The lowest BCUT2D eigenvalue weighted by Gasteiger charge is -2.16. The minimum absolute atomic E-state index is 0.0409. The molecule has 66 valence electrons. The second-order valence-electron chi connectivity index (χ2n) is 3.05. The lowest BCUT2D eigenvalue weighted by atomic mass is 10.2. The summed E-state index contributed by atoms with van der Waals surface area (Å²) in [5.74, 6) is -0.248. The van der Waals surface area contributed by atoms with Gasteiger partial charge in [0.25, 0.3) is 0 Å². The molecule has 0 aromatic carbocycles. The zero-order valence-electron chi connectivity index (χ0n) is 6.71. The Morgan fingerprint density at radius 2 is 1.91 bits per heavy atom. The maximum Gasteiger partial charge on any atom is 0.163 e. The summed E-state index contributed by atoms with van der Waals surface area (Å²) in [4.78, 5) is 0. The summed E-state index contributed by atoms with van der Waals surface area (Å²) in [7, 11) is 0. The number of aliphatic hydroxyl groups is 1. The van der Waals surface area contributed by atoms with Crippen molar-refractivity contribution in [2.45, 2.75) is 31.8 Å². The van der Waals surface area contributed by atoms with Crippen molar-refractivity contribution in [3.8, 4) is 0 Å². The van der Waals surface area contributed by atoms with Gasteiger partial charge in [0, 0.05) is 0 Å². The third-order valence-corrected chi connectivity index (χ3v) is 1.92. The highest BCUT2D eigenvalue weighted by molar-refractivity contribution is 6.18. The number of halogens is 1. The Balaban J connectivity index is 2.55. The Hall–Kier alpha value is 0.170. The van der Waals surface area contributed by atoms with E-state index in [1.165, 1.54) is 0 Å². The van der Waals surface area contributed by atoms with Crippen LogP contribution in [0.5, 0.6) is 0 Å². The van der Waals surface area contributed by atoms with Gasteiger partial charge in [-0.1, -0.05) is 0 Å². The summed E-state index contributed by atoms with van der Waals surface area (Å²) in [6.45, 7) is 3.57. The van der Waals surface area contributed by atoms with E-state index in [0.29, 0.717) is 5.88 Å². The van der Waals surface area contributed by atoms with Crippen LogP contribution in [0.1, 0.15) is 13.8 Å². The molecule has 0 spiro atoms. The maximum atomic E-state index is 8.84. The minimum Gasteiger partial charge on any atom is -0.394 e. The van der Waals surface area contributed by atoms with E-state index in [1.807, 2.05) is 13.8 Å². The lowest BCUT2D eigenvalue weighted by molar-refractivity contribution is -0.147. The van der Waals surface area contributed by atoms with Crippen molar-refractivity contribution in [1.29, 1.82) is 0 Å². The van der Waals surface area contributed by atoms with Crippen LogP contribution in [0.3, 0.4) is 0 Å². The molecule has 0 unspecified atom stereocenters. The van der Waals surface area contributed by atoms with Gasteiger partial charge < -0.3 is 14.6 Å². The summed E-state index contributed by atoms with van der Waals surface area (Å²) in [5, 5.41) is 8.84. The Labute approximate surface area is 71.2 Å². The number of hydrogen-bond donors (Lipinski definition) is 1. The van der Waals surface area contributed by atoms with Gasteiger partial charge in [-0.3, -0.25) is 0 Å². The van der Waals surface area contributed by atoms with Gasteiger partial charge >= 0.3 is 0 Å². The first-order valence-corrected chi connectivity index (χ1v) is 4.15. The van der Waals surface area contributed by atoms with E-state index in [0.717, 1.165) is 0 Å². The fourth-order valence-corrected chi connectivity index (χ4v) is 1.46. The van der Waals surface area contributed by atoms with Crippen LogP contribution >= 0.6 is 11.6 Å². The Bertz CT molecular complexity index is 124. The van der Waals surface area contributed by atoms with Crippen molar-refractivity contribution >= 4 is 11.6 Å². The van der Waals surface area contributed by atoms with Crippen molar-refractivity contribution in [2.75, 3.05) is 12.5 Å².